The van der Waals surface area contributed by atoms with Crippen molar-refractivity contribution >= 4 is 23.5 Å². The minimum absolute atomic E-state index is 0.327. The molecule has 0 aliphatic heterocycles. The Morgan fingerprint density at radius 1 is 0.740 bits per heavy atom. The van der Waals surface area contributed by atoms with E-state index >= 15 is 0 Å². The fourth-order valence-electron chi connectivity index (χ4n) is 6.70. The largest absolute Gasteiger partial charge is 0.441 e. The van der Waals surface area contributed by atoms with Crippen LogP contribution in [0.1, 0.15) is 48.3 Å². The van der Waals surface area contributed by atoms with E-state index in [4.69, 9.17) is 21.1 Å². The zero-order valence-electron chi connectivity index (χ0n) is 27.6. The number of alkyl halides is 3. The predicted molar refractivity (Wildman–Crippen MR) is 182 cm³/mol. The van der Waals surface area contributed by atoms with Gasteiger partial charge in [-0.15, -0.1) is 0 Å². The normalized spacial score (nSPS) is 19.3. The van der Waals surface area contributed by atoms with Crippen LogP contribution in [0.3, 0.4) is 0 Å². The van der Waals surface area contributed by atoms with Gasteiger partial charge in [0.1, 0.15) is 17.2 Å². The van der Waals surface area contributed by atoms with Crippen molar-refractivity contribution in [3.63, 3.8) is 0 Å². The van der Waals surface area contributed by atoms with Crippen LogP contribution in [0, 0.1) is 53.3 Å². The van der Waals surface area contributed by atoms with Crippen molar-refractivity contribution < 1.29 is 32.2 Å². The monoisotopic (exact) mass is 696 g/mol. The lowest BCUT2D eigenvalue weighted by Crippen LogP contribution is -2.36. The second kappa shape index (κ2) is 13.9. The van der Waals surface area contributed by atoms with E-state index in [0.717, 1.165) is 22.3 Å². The smallest absolute Gasteiger partial charge is 0.426 e. The second-order valence-electron chi connectivity index (χ2n) is 12.6. The zero-order chi connectivity index (χ0) is 36.4. The molecule has 1 aliphatic carbocycles. The number of esters is 2. The van der Waals surface area contributed by atoms with Gasteiger partial charge in [-0.25, -0.2) is 0 Å². The number of hydrogen-bond acceptors (Lipinski definition) is 6. The molecule has 4 aromatic rings. The molecule has 3 unspecified atom stereocenters. The van der Waals surface area contributed by atoms with E-state index in [9.17, 15) is 33.3 Å². The lowest BCUT2D eigenvalue weighted by Gasteiger charge is -2.23. The number of carbonyl (C=O) groups is 2. The van der Waals surface area contributed by atoms with Crippen LogP contribution in [0.2, 0.25) is 0 Å². The van der Waals surface area contributed by atoms with Crippen LogP contribution in [-0.2, 0) is 19.1 Å². The number of rotatable bonds is 9. The Morgan fingerprint density at radius 2 is 1.14 bits per heavy atom. The van der Waals surface area contributed by atoms with Gasteiger partial charge in [-0.3, -0.25) is 9.59 Å². The quantitative estimate of drug-likeness (QED) is 0.128. The van der Waals surface area contributed by atoms with Crippen LogP contribution in [0.5, 0.6) is 0 Å². The van der Waals surface area contributed by atoms with Gasteiger partial charge in [-0.1, -0.05) is 129 Å². The summed E-state index contributed by atoms with van der Waals surface area (Å²) in [4.78, 5) is 28.5. The summed E-state index contributed by atoms with van der Waals surface area (Å²) >= 11 is 5.63. The Balaban J connectivity index is 1.54. The van der Waals surface area contributed by atoms with Gasteiger partial charge in [0.05, 0.1) is 0 Å². The molecule has 6 nitrogen and oxygen atoms in total. The van der Waals surface area contributed by atoms with Gasteiger partial charge in [0, 0.05) is 22.5 Å². The first-order valence-corrected chi connectivity index (χ1v) is 16.0. The maximum atomic E-state index is 14.2. The number of halogens is 4. The van der Waals surface area contributed by atoms with E-state index in [-0.39, 0.29) is 0 Å². The third kappa shape index (κ3) is 6.37. The maximum Gasteiger partial charge on any atom is 0.426 e. The van der Waals surface area contributed by atoms with Crippen LogP contribution in [0.25, 0.3) is 22.3 Å². The molecule has 0 heterocycles. The fraction of sp³-hybridized carbons (Fsp3) is 0.250. The molecule has 0 bridgehead atoms. The number of hydrogen-bond donors (Lipinski definition) is 0. The van der Waals surface area contributed by atoms with Crippen LogP contribution in [0.15, 0.2) is 108 Å². The minimum atomic E-state index is -4.96. The molecule has 50 heavy (non-hydrogen) atoms. The minimum Gasteiger partial charge on any atom is -0.441 e. The number of carbonyl (C=O) groups excluding carboxylic acids is 2. The number of allylic oxidation sites excluding steroid dienone is 2. The Kier molecular flexibility index (Phi) is 9.95. The van der Waals surface area contributed by atoms with Crippen LogP contribution >= 0.6 is 11.6 Å². The van der Waals surface area contributed by atoms with Crippen LogP contribution in [-0.4, -0.2) is 18.1 Å². The summed E-state index contributed by atoms with van der Waals surface area (Å²) in [6, 6.07) is 32.8. The van der Waals surface area contributed by atoms with E-state index in [1.807, 2.05) is 84.9 Å². The highest BCUT2D eigenvalue weighted by Gasteiger charge is 2.82. The molecule has 4 aromatic carbocycles. The topological polar surface area (TPSA) is 100 Å². The van der Waals surface area contributed by atoms with E-state index in [1.54, 1.807) is 38.1 Å². The van der Waals surface area contributed by atoms with Gasteiger partial charge in [0.15, 0.2) is 5.41 Å². The molecule has 0 spiro atoms. The summed E-state index contributed by atoms with van der Waals surface area (Å²) in [5.41, 5.74) is 1.23. The summed E-state index contributed by atoms with van der Waals surface area (Å²) in [6.45, 7) is 6.31. The van der Waals surface area contributed by atoms with E-state index in [1.165, 1.54) is 13.8 Å². The fourth-order valence-corrected chi connectivity index (χ4v) is 6.82. The summed E-state index contributed by atoms with van der Waals surface area (Å²) in [5.74, 6) is -4.00. The summed E-state index contributed by atoms with van der Waals surface area (Å²) < 4.78 is 52.4. The number of nitrogens with zero attached hydrogens (tertiary/aromatic N) is 2. The summed E-state index contributed by atoms with van der Waals surface area (Å²) in [6.07, 6.45) is -7.44. The maximum absolute atomic E-state index is 14.2. The zero-order valence-corrected chi connectivity index (χ0v) is 28.3. The molecule has 5 rings (SSSR count). The first-order chi connectivity index (χ1) is 23.7. The highest BCUT2D eigenvalue weighted by Crippen LogP contribution is 2.71. The molecule has 1 fully saturated rings. The Bertz CT molecular complexity index is 1930. The highest BCUT2D eigenvalue weighted by molar-refractivity contribution is 6.30. The van der Waals surface area contributed by atoms with Crippen molar-refractivity contribution in [2.24, 2.45) is 16.7 Å². The van der Waals surface area contributed by atoms with Gasteiger partial charge >= 0.3 is 18.1 Å². The van der Waals surface area contributed by atoms with Gasteiger partial charge in [-0.2, -0.15) is 23.7 Å². The van der Waals surface area contributed by atoms with Crippen molar-refractivity contribution in [3.8, 4) is 34.4 Å². The van der Waals surface area contributed by atoms with E-state index in [2.05, 4.69) is 0 Å². The van der Waals surface area contributed by atoms with E-state index < -0.39 is 52.1 Å². The Hall–Kier alpha value is -5.38. The molecule has 0 N–H and O–H groups in total. The highest BCUT2D eigenvalue weighted by atomic mass is 35.5. The number of ether oxygens (including phenoxy) is 2. The molecule has 3 atom stereocenters. The Morgan fingerprint density at radius 3 is 1.50 bits per heavy atom. The SMILES string of the molecule is Cc1c(-c2ccccc2)cccc1C(C#N)OC(=O)C1(C(=O)OC(C#N)c2cccc(-c3ccccc3)c2C)C(C=C(Cl)C(F)(F)F)C1(C)C. The van der Waals surface area contributed by atoms with E-state index in [0.29, 0.717) is 28.3 Å². The first kappa shape index (κ1) is 35.9. The van der Waals surface area contributed by atoms with Crippen LogP contribution < -0.4 is 0 Å². The van der Waals surface area contributed by atoms with Gasteiger partial charge in [-0.05, 0) is 47.2 Å². The molecule has 1 saturated carbocycles. The van der Waals surface area contributed by atoms with Gasteiger partial charge in [0.2, 0.25) is 12.2 Å². The molecular formula is C40H32ClF3N2O4. The molecule has 1 aliphatic rings. The summed E-state index contributed by atoms with van der Waals surface area (Å²) in [5, 5.41) is 18.9. The van der Waals surface area contributed by atoms with Crippen molar-refractivity contribution in [3.05, 3.63) is 130 Å². The third-order valence-corrected chi connectivity index (χ3v) is 9.92. The van der Waals surface area contributed by atoms with Gasteiger partial charge < -0.3 is 9.47 Å². The summed E-state index contributed by atoms with van der Waals surface area (Å²) in [7, 11) is 0. The predicted octanol–water partition coefficient (Wildman–Crippen LogP) is 9.88. The average molecular weight is 697 g/mol. The van der Waals surface area contributed by atoms with Gasteiger partial charge in [0.25, 0.3) is 0 Å². The van der Waals surface area contributed by atoms with Crippen molar-refractivity contribution in [1.82, 2.24) is 0 Å². The van der Waals surface area contributed by atoms with Crippen molar-refractivity contribution in [2.45, 2.75) is 46.1 Å². The Labute approximate surface area is 293 Å². The van der Waals surface area contributed by atoms with Crippen molar-refractivity contribution in [2.75, 3.05) is 0 Å². The molecule has 0 aromatic heterocycles. The third-order valence-electron chi connectivity index (χ3n) is 9.57. The molecule has 10 heteroatoms. The molecule has 254 valence electrons. The lowest BCUT2D eigenvalue weighted by atomic mass is 9.93. The first-order valence-electron chi connectivity index (χ1n) is 15.7. The van der Waals surface area contributed by atoms with Crippen LogP contribution in [0.4, 0.5) is 13.2 Å². The average Bonchev–Trinajstić information content (AvgIpc) is 3.60. The molecular weight excluding hydrogens is 665 g/mol. The second-order valence-corrected chi connectivity index (χ2v) is 13.0. The number of nitriles is 2. The molecule has 0 saturated heterocycles. The molecule has 0 amide bonds. The lowest BCUT2D eigenvalue weighted by molar-refractivity contribution is -0.171. The van der Waals surface area contributed by atoms with Crippen molar-refractivity contribution in [1.29, 1.82) is 10.5 Å². The standard InChI is InChI=1S/C40H32ClF3N2O4/c1-24-28(26-13-7-5-8-14-26)17-11-19-30(24)32(22-45)49-36(47)39(34(38(39,3)4)21-35(41)40(42,43)44)37(48)50-33(23-46)31-20-12-18-29(25(31)2)27-15-9-6-10-16-27/h5-21,32-34H,1-4H3. The number of benzene rings is 4. The molecule has 0 radical (unpaired) electrons.